The van der Waals surface area contributed by atoms with Gasteiger partial charge >= 0.3 is 0 Å². The average Bonchev–Trinajstić information content (AvgIpc) is 2.66. The fraction of sp³-hybridized carbons (Fsp3) is 0.391. The largest absolute Gasteiger partial charge is 0.484 e. The number of carbonyl (C=O) groups excluding carboxylic acids is 2. The predicted octanol–water partition coefficient (Wildman–Crippen LogP) is 4.59. The molecule has 1 unspecified atom stereocenters. The summed E-state index contributed by atoms with van der Waals surface area (Å²) >= 11 is 0. The SMILES string of the molecule is CCC(=O)Nc1ccc(C(C)NC(=O)COc2ccc(C(C)(C)C)cc2)cc1. The normalized spacial score (nSPS) is 12.2. The van der Waals surface area contributed by atoms with Crippen LogP contribution in [0.25, 0.3) is 0 Å². The van der Waals surface area contributed by atoms with Gasteiger partial charge in [-0.15, -0.1) is 0 Å². The van der Waals surface area contributed by atoms with E-state index in [0.29, 0.717) is 12.2 Å². The molecule has 0 spiro atoms. The lowest BCUT2D eigenvalue weighted by atomic mass is 9.87. The van der Waals surface area contributed by atoms with Gasteiger partial charge in [-0.2, -0.15) is 0 Å². The zero-order valence-corrected chi connectivity index (χ0v) is 17.3. The summed E-state index contributed by atoms with van der Waals surface area (Å²) in [6.45, 7) is 10.1. The van der Waals surface area contributed by atoms with Gasteiger partial charge in [0.15, 0.2) is 6.61 Å². The van der Waals surface area contributed by atoms with Crippen molar-refractivity contribution in [2.45, 2.75) is 52.5 Å². The van der Waals surface area contributed by atoms with E-state index < -0.39 is 0 Å². The molecule has 0 aliphatic heterocycles. The van der Waals surface area contributed by atoms with Crippen molar-refractivity contribution in [2.24, 2.45) is 0 Å². The molecule has 5 nitrogen and oxygen atoms in total. The van der Waals surface area contributed by atoms with Crippen LogP contribution >= 0.6 is 0 Å². The van der Waals surface area contributed by atoms with Gasteiger partial charge in [-0.25, -0.2) is 0 Å². The summed E-state index contributed by atoms with van der Waals surface area (Å²) in [6.07, 6.45) is 0.438. The number of hydrogen-bond donors (Lipinski definition) is 2. The van der Waals surface area contributed by atoms with E-state index in [0.717, 1.165) is 11.3 Å². The number of anilines is 1. The van der Waals surface area contributed by atoms with Crippen molar-refractivity contribution in [3.8, 4) is 5.75 Å². The maximum absolute atomic E-state index is 12.2. The minimum Gasteiger partial charge on any atom is -0.484 e. The van der Waals surface area contributed by atoms with Gasteiger partial charge in [0.05, 0.1) is 6.04 Å². The van der Waals surface area contributed by atoms with Crippen LogP contribution in [0.3, 0.4) is 0 Å². The molecule has 28 heavy (non-hydrogen) atoms. The molecule has 2 amide bonds. The zero-order valence-electron chi connectivity index (χ0n) is 17.3. The van der Waals surface area contributed by atoms with E-state index in [-0.39, 0.29) is 29.9 Å². The Morgan fingerprint density at radius 2 is 1.57 bits per heavy atom. The van der Waals surface area contributed by atoms with Crippen LogP contribution in [0.2, 0.25) is 0 Å². The van der Waals surface area contributed by atoms with Gasteiger partial charge < -0.3 is 15.4 Å². The molecule has 0 saturated carbocycles. The Morgan fingerprint density at radius 3 is 2.11 bits per heavy atom. The molecule has 0 aliphatic carbocycles. The Kier molecular flexibility index (Phi) is 7.21. The van der Waals surface area contributed by atoms with Crippen molar-refractivity contribution < 1.29 is 14.3 Å². The summed E-state index contributed by atoms with van der Waals surface area (Å²) in [5.41, 5.74) is 3.00. The number of rotatable bonds is 7. The summed E-state index contributed by atoms with van der Waals surface area (Å²) < 4.78 is 5.59. The molecule has 2 aromatic rings. The van der Waals surface area contributed by atoms with Crippen LogP contribution < -0.4 is 15.4 Å². The van der Waals surface area contributed by atoms with Gasteiger partial charge in [0, 0.05) is 12.1 Å². The Hall–Kier alpha value is -2.82. The van der Waals surface area contributed by atoms with E-state index in [4.69, 9.17) is 4.74 Å². The second kappa shape index (κ2) is 9.40. The van der Waals surface area contributed by atoms with Crippen LogP contribution in [0.5, 0.6) is 5.75 Å². The van der Waals surface area contributed by atoms with Crippen molar-refractivity contribution in [2.75, 3.05) is 11.9 Å². The molecule has 5 heteroatoms. The summed E-state index contributed by atoms with van der Waals surface area (Å²) in [7, 11) is 0. The predicted molar refractivity (Wildman–Crippen MR) is 113 cm³/mol. The third-order valence-electron chi connectivity index (χ3n) is 4.48. The molecule has 2 aromatic carbocycles. The Balaban J connectivity index is 1.84. The fourth-order valence-corrected chi connectivity index (χ4v) is 2.67. The van der Waals surface area contributed by atoms with Crippen molar-refractivity contribution >= 4 is 17.5 Å². The maximum Gasteiger partial charge on any atom is 0.258 e. The number of hydrogen-bond acceptors (Lipinski definition) is 3. The lowest BCUT2D eigenvalue weighted by molar-refractivity contribution is -0.123. The second-order valence-electron chi connectivity index (χ2n) is 7.88. The lowest BCUT2D eigenvalue weighted by Gasteiger charge is -2.19. The standard InChI is InChI=1S/C23H30N2O3/c1-6-21(26)25-19-11-7-17(8-12-19)16(2)24-22(27)15-28-20-13-9-18(10-14-20)23(3,4)5/h7-14,16H,6,15H2,1-5H3,(H,24,27)(H,25,26). The van der Waals surface area contributed by atoms with E-state index in [1.165, 1.54) is 5.56 Å². The van der Waals surface area contributed by atoms with Crippen LogP contribution in [-0.2, 0) is 15.0 Å². The third-order valence-corrected chi connectivity index (χ3v) is 4.48. The van der Waals surface area contributed by atoms with Crippen molar-refractivity contribution in [1.82, 2.24) is 5.32 Å². The Morgan fingerprint density at radius 1 is 0.964 bits per heavy atom. The molecule has 150 valence electrons. The van der Waals surface area contributed by atoms with Gasteiger partial charge in [-0.05, 0) is 47.7 Å². The van der Waals surface area contributed by atoms with E-state index in [1.807, 2.05) is 62.4 Å². The molecule has 2 N–H and O–H groups in total. The first-order chi connectivity index (χ1) is 13.2. The van der Waals surface area contributed by atoms with Gasteiger partial charge in [0.1, 0.15) is 5.75 Å². The average molecular weight is 383 g/mol. The molecule has 1 atom stereocenters. The van der Waals surface area contributed by atoms with Crippen LogP contribution in [0.4, 0.5) is 5.69 Å². The van der Waals surface area contributed by atoms with E-state index in [2.05, 4.69) is 31.4 Å². The molecular formula is C23H30N2O3. The number of carbonyl (C=O) groups is 2. The topological polar surface area (TPSA) is 67.4 Å². The van der Waals surface area contributed by atoms with Gasteiger partial charge in [0.25, 0.3) is 5.91 Å². The summed E-state index contributed by atoms with van der Waals surface area (Å²) in [6, 6.07) is 15.1. The zero-order chi connectivity index (χ0) is 20.7. The molecule has 0 bridgehead atoms. The molecule has 0 heterocycles. The smallest absolute Gasteiger partial charge is 0.258 e. The van der Waals surface area contributed by atoms with E-state index >= 15 is 0 Å². The minimum absolute atomic E-state index is 0.0261. The molecule has 2 rings (SSSR count). The number of ether oxygens (including phenoxy) is 1. The molecule has 0 aromatic heterocycles. The van der Waals surface area contributed by atoms with Crippen molar-refractivity contribution in [3.05, 3.63) is 59.7 Å². The highest BCUT2D eigenvalue weighted by Gasteiger charge is 2.14. The monoisotopic (exact) mass is 382 g/mol. The van der Waals surface area contributed by atoms with E-state index in [9.17, 15) is 9.59 Å². The van der Waals surface area contributed by atoms with E-state index in [1.54, 1.807) is 0 Å². The van der Waals surface area contributed by atoms with Crippen LogP contribution in [-0.4, -0.2) is 18.4 Å². The van der Waals surface area contributed by atoms with Gasteiger partial charge in [0.2, 0.25) is 5.91 Å². The molecule has 0 saturated heterocycles. The highest BCUT2D eigenvalue weighted by molar-refractivity contribution is 5.90. The number of amides is 2. The van der Waals surface area contributed by atoms with Gasteiger partial charge in [-0.1, -0.05) is 52.0 Å². The highest BCUT2D eigenvalue weighted by Crippen LogP contribution is 2.24. The molecular weight excluding hydrogens is 352 g/mol. The first-order valence-corrected chi connectivity index (χ1v) is 9.61. The van der Waals surface area contributed by atoms with Crippen molar-refractivity contribution in [1.29, 1.82) is 0 Å². The molecule has 0 radical (unpaired) electrons. The maximum atomic E-state index is 12.2. The lowest BCUT2D eigenvalue weighted by Crippen LogP contribution is -2.31. The Labute approximate surface area is 167 Å². The minimum atomic E-state index is -0.184. The number of nitrogens with one attached hydrogen (secondary N) is 2. The summed E-state index contributed by atoms with van der Waals surface area (Å²) in [4.78, 5) is 23.6. The fourth-order valence-electron chi connectivity index (χ4n) is 2.67. The van der Waals surface area contributed by atoms with Crippen LogP contribution in [0.15, 0.2) is 48.5 Å². The van der Waals surface area contributed by atoms with Crippen LogP contribution in [0.1, 0.15) is 58.2 Å². The second-order valence-corrected chi connectivity index (χ2v) is 7.88. The van der Waals surface area contributed by atoms with Crippen molar-refractivity contribution in [3.63, 3.8) is 0 Å². The molecule has 0 fully saturated rings. The number of benzene rings is 2. The third kappa shape index (κ3) is 6.41. The summed E-state index contributed by atoms with van der Waals surface area (Å²) in [5, 5.41) is 5.73. The van der Waals surface area contributed by atoms with Crippen LogP contribution in [0, 0.1) is 0 Å². The molecule has 0 aliphatic rings. The highest BCUT2D eigenvalue weighted by atomic mass is 16.5. The Bertz CT molecular complexity index is 790. The van der Waals surface area contributed by atoms with Gasteiger partial charge in [-0.3, -0.25) is 9.59 Å². The first-order valence-electron chi connectivity index (χ1n) is 9.61. The summed E-state index contributed by atoms with van der Waals surface area (Å²) in [5.74, 6) is 0.462. The quantitative estimate of drug-likeness (QED) is 0.736. The first kappa shape index (κ1) is 21.5.